The second-order valence-electron chi connectivity index (χ2n) is 7.85. The van der Waals surface area contributed by atoms with Crippen molar-refractivity contribution in [3.63, 3.8) is 0 Å². The summed E-state index contributed by atoms with van der Waals surface area (Å²) in [7, 11) is 2.98. The molecule has 1 aliphatic heterocycles. The van der Waals surface area contributed by atoms with Gasteiger partial charge in [0.05, 0.1) is 5.75 Å². The Kier molecular flexibility index (Phi) is 5.92. The molecule has 0 saturated heterocycles. The summed E-state index contributed by atoms with van der Waals surface area (Å²) in [6.07, 6.45) is 0.580. The van der Waals surface area contributed by atoms with Crippen LogP contribution in [0.2, 0.25) is 0 Å². The third-order valence-electron chi connectivity index (χ3n) is 4.90. The Morgan fingerprint density at radius 2 is 1.91 bits per heavy atom. The summed E-state index contributed by atoms with van der Waals surface area (Å²) in [5, 5.41) is 3.41. The second kappa shape index (κ2) is 8.65. The summed E-state index contributed by atoms with van der Waals surface area (Å²) in [5.41, 5.74) is -0.111. The lowest BCUT2D eigenvalue weighted by Gasteiger charge is -2.13. The molecule has 168 valence electrons. The molecule has 32 heavy (non-hydrogen) atoms. The molecule has 0 fully saturated rings. The number of thioether (sulfide) groups is 1. The number of hydrogen-bond acceptors (Lipinski definition) is 8. The summed E-state index contributed by atoms with van der Waals surface area (Å²) in [5.74, 6) is 1.75. The fraction of sp³-hybridized carbons (Fsp3) is 0.381. The van der Waals surface area contributed by atoms with Crippen LogP contribution in [0.3, 0.4) is 0 Å². The topological polar surface area (TPSA) is 117 Å². The number of aromatic nitrogens is 4. The van der Waals surface area contributed by atoms with Crippen LogP contribution in [0.25, 0.3) is 11.0 Å². The van der Waals surface area contributed by atoms with Gasteiger partial charge in [0.1, 0.15) is 16.2 Å². The molecule has 0 aliphatic carbocycles. The maximum absolute atomic E-state index is 12.8. The number of hydrogen-bond donors (Lipinski definition) is 1. The van der Waals surface area contributed by atoms with Crippen LogP contribution >= 0.6 is 11.8 Å². The SMILES string of the molecule is CC(C)Cc1nc(SCC(=O)Nc2ccc3c(c2)OCO3)c2c(=O)n(C)c(=O)n(C)c2n1. The molecule has 1 aromatic carbocycles. The van der Waals surface area contributed by atoms with E-state index >= 15 is 0 Å². The average molecular weight is 458 g/mol. The van der Waals surface area contributed by atoms with Crippen molar-refractivity contribution < 1.29 is 14.3 Å². The summed E-state index contributed by atoms with van der Waals surface area (Å²) in [6.45, 7) is 4.21. The van der Waals surface area contributed by atoms with E-state index in [-0.39, 0.29) is 35.4 Å². The van der Waals surface area contributed by atoms with Gasteiger partial charge >= 0.3 is 5.69 Å². The van der Waals surface area contributed by atoms with Gasteiger partial charge in [-0.3, -0.25) is 18.7 Å². The quantitative estimate of drug-likeness (QED) is 0.439. The van der Waals surface area contributed by atoms with Gasteiger partial charge in [0.25, 0.3) is 5.56 Å². The first-order chi connectivity index (χ1) is 15.2. The smallest absolute Gasteiger partial charge is 0.332 e. The molecular formula is C21H23N5O5S. The molecule has 2 aromatic heterocycles. The zero-order valence-electron chi connectivity index (χ0n) is 18.2. The minimum Gasteiger partial charge on any atom is -0.454 e. The zero-order valence-corrected chi connectivity index (χ0v) is 19.0. The minimum absolute atomic E-state index is 0.0215. The lowest BCUT2D eigenvalue weighted by molar-refractivity contribution is -0.113. The number of rotatable bonds is 6. The Bertz CT molecular complexity index is 1330. The number of nitrogens with zero attached hydrogens (tertiary/aromatic N) is 4. The highest BCUT2D eigenvalue weighted by molar-refractivity contribution is 8.00. The van der Waals surface area contributed by atoms with Crippen LogP contribution in [0.1, 0.15) is 19.7 Å². The predicted molar refractivity (Wildman–Crippen MR) is 120 cm³/mol. The van der Waals surface area contributed by atoms with Gasteiger partial charge in [-0.25, -0.2) is 14.8 Å². The van der Waals surface area contributed by atoms with E-state index in [1.165, 1.54) is 11.6 Å². The predicted octanol–water partition coefficient (Wildman–Crippen LogP) is 1.69. The van der Waals surface area contributed by atoms with Crippen molar-refractivity contribution in [1.29, 1.82) is 0 Å². The standard InChI is InChI=1S/C21H23N5O5S/c1-11(2)7-15-23-18-17(20(28)26(4)21(29)25(18)3)19(24-15)32-9-16(27)22-12-5-6-13-14(8-12)31-10-30-13/h5-6,8,11H,7,9-10H2,1-4H3,(H,22,27). The van der Waals surface area contributed by atoms with Gasteiger partial charge in [-0.15, -0.1) is 0 Å². The molecule has 0 atom stereocenters. The van der Waals surface area contributed by atoms with Crippen LogP contribution in [-0.4, -0.2) is 37.6 Å². The summed E-state index contributed by atoms with van der Waals surface area (Å²) < 4.78 is 13.0. The first-order valence-electron chi connectivity index (χ1n) is 10.0. The van der Waals surface area contributed by atoms with E-state index in [1.54, 1.807) is 25.2 Å². The molecule has 10 nitrogen and oxygen atoms in total. The van der Waals surface area contributed by atoms with E-state index in [4.69, 9.17) is 9.47 Å². The van der Waals surface area contributed by atoms with Gasteiger partial charge in [0.15, 0.2) is 17.1 Å². The Balaban J connectivity index is 1.63. The molecule has 1 N–H and O–H groups in total. The number of ether oxygens (including phenoxy) is 2. The second-order valence-corrected chi connectivity index (χ2v) is 8.82. The monoisotopic (exact) mass is 457 g/mol. The molecule has 0 bridgehead atoms. The van der Waals surface area contributed by atoms with Crippen molar-refractivity contribution in [2.75, 3.05) is 17.9 Å². The number of fused-ring (bicyclic) bond motifs is 2. The maximum Gasteiger partial charge on any atom is 0.332 e. The van der Waals surface area contributed by atoms with Crippen LogP contribution in [-0.2, 0) is 25.3 Å². The highest BCUT2D eigenvalue weighted by atomic mass is 32.2. The van der Waals surface area contributed by atoms with Crippen LogP contribution in [0.15, 0.2) is 32.8 Å². The van der Waals surface area contributed by atoms with E-state index < -0.39 is 11.2 Å². The molecule has 0 unspecified atom stereocenters. The average Bonchev–Trinajstić information content (AvgIpc) is 3.22. The third kappa shape index (κ3) is 4.20. The van der Waals surface area contributed by atoms with E-state index in [0.29, 0.717) is 34.5 Å². The Morgan fingerprint density at radius 1 is 1.16 bits per heavy atom. The first-order valence-corrected chi connectivity index (χ1v) is 11.0. The van der Waals surface area contributed by atoms with Gasteiger partial charge in [0.2, 0.25) is 12.7 Å². The normalized spacial score (nSPS) is 12.5. The molecule has 3 heterocycles. The number of carbonyl (C=O) groups is 1. The number of carbonyl (C=O) groups excluding carboxylic acids is 1. The van der Waals surface area contributed by atoms with E-state index in [0.717, 1.165) is 16.3 Å². The molecule has 3 aromatic rings. The number of amides is 1. The van der Waals surface area contributed by atoms with Crippen molar-refractivity contribution in [1.82, 2.24) is 19.1 Å². The number of nitrogens with one attached hydrogen (secondary N) is 1. The lowest BCUT2D eigenvalue weighted by Crippen LogP contribution is -2.38. The largest absolute Gasteiger partial charge is 0.454 e. The molecule has 0 saturated carbocycles. The van der Waals surface area contributed by atoms with Gasteiger partial charge in [-0.1, -0.05) is 25.6 Å². The third-order valence-corrected chi connectivity index (χ3v) is 5.88. The van der Waals surface area contributed by atoms with E-state index in [9.17, 15) is 14.4 Å². The van der Waals surface area contributed by atoms with E-state index in [1.807, 2.05) is 13.8 Å². The molecule has 0 radical (unpaired) electrons. The van der Waals surface area contributed by atoms with E-state index in [2.05, 4.69) is 15.3 Å². The Morgan fingerprint density at radius 3 is 2.66 bits per heavy atom. The van der Waals surface area contributed by atoms with Gasteiger partial charge in [-0.2, -0.15) is 0 Å². The number of aryl methyl sites for hydroxylation is 1. The van der Waals surface area contributed by atoms with Crippen molar-refractivity contribution in [2.24, 2.45) is 20.0 Å². The first kappa shape index (κ1) is 21.9. The van der Waals surface area contributed by atoms with Gasteiger partial charge in [-0.05, 0) is 18.1 Å². The van der Waals surface area contributed by atoms with Crippen molar-refractivity contribution in [3.05, 3.63) is 44.9 Å². The van der Waals surface area contributed by atoms with Crippen LogP contribution in [0, 0.1) is 5.92 Å². The molecule has 11 heteroatoms. The maximum atomic E-state index is 12.8. The Hall–Kier alpha value is -3.34. The lowest BCUT2D eigenvalue weighted by atomic mass is 10.1. The Labute approximate surface area is 187 Å². The van der Waals surface area contributed by atoms with Crippen molar-refractivity contribution in [2.45, 2.75) is 25.3 Å². The minimum atomic E-state index is -0.488. The number of benzene rings is 1. The molecular weight excluding hydrogens is 434 g/mol. The van der Waals surface area contributed by atoms with Gasteiger partial charge < -0.3 is 14.8 Å². The molecule has 4 rings (SSSR count). The highest BCUT2D eigenvalue weighted by Crippen LogP contribution is 2.34. The van der Waals surface area contributed by atoms with Crippen molar-refractivity contribution >= 4 is 34.4 Å². The van der Waals surface area contributed by atoms with Gasteiger partial charge in [0, 0.05) is 32.3 Å². The summed E-state index contributed by atoms with van der Waals surface area (Å²) >= 11 is 1.13. The van der Waals surface area contributed by atoms with Crippen LogP contribution in [0.4, 0.5) is 5.69 Å². The zero-order chi connectivity index (χ0) is 23.0. The fourth-order valence-electron chi connectivity index (χ4n) is 3.34. The van der Waals surface area contributed by atoms with Crippen LogP contribution in [0.5, 0.6) is 11.5 Å². The van der Waals surface area contributed by atoms with Crippen molar-refractivity contribution in [3.8, 4) is 11.5 Å². The summed E-state index contributed by atoms with van der Waals surface area (Å²) in [6, 6.07) is 5.14. The number of anilines is 1. The molecule has 1 amide bonds. The van der Waals surface area contributed by atoms with Crippen LogP contribution < -0.4 is 26.0 Å². The molecule has 1 aliphatic rings. The molecule has 0 spiro atoms. The fourth-order valence-corrected chi connectivity index (χ4v) is 4.17. The summed E-state index contributed by atoms with van der Waals surface area (Å²) in [4.78, 5) is 46.8. The highest BCUT2D eigenvalue weighted by Gasteiger charge is 2.19.